The van der Waals surface area contributed by atoms with Crippen LogP contribution in [0.5, 0.6) is 0 Å². The summed E-state index contributed by atoms with van der Waals surface area (Å²) in [5.41, 5.74) is 0.548. The molecule has 0 aliphatic rings. The third-order valence-corrected chi connectivity index (χ3v) is 6.21. The quantitative estimate of drug-likeness (QED) is 0.543. The van der Waals surface area contributed by atoms with Gasteiger partial charge in [0.2, 0.25) is 0 Å². The van der Waals surface area contributed by atoms with Gasteiger partial charge in [0.25, 0.3) is 0 Å². The second-order valence-electron chi connectivity index (χ2n) is 6.46. The van der Waals surface area contributed by atoms with Crippen molar-refractivity contribution in [3.05, 3.63) is 65.7 Å². The van der Waals surface area contributed by atoms with Gasteiger partial charge in [-0.2, -0.15) is 0 Å². The number of guanidine groups is 1. The van der Waals surface area contributed by atoms with Gasteiger partial charge in [0, 0.05) is 13.1 Å². The summed E-state index contributed by atoms with van der Waals surface area (Å²) in [6, 6.07) is 11.2. The van der Waals surface area contributed by atoms with Crippen molar-refractivity contribution in [3.63, 3.8) is 0 Å². The van der Waals surface area contributed by atoms with Gasteiger partial charge >= 0.3 is 0 Å². The molecule has 0 saturated heterocycles. The van der Waals surface area contributed by atoms with Gasteiger partial charge in [0.15, 0.2) is 27.4 Å². The van der Waals surface area contributed by atoms with Crippen LogP contribution in [0.2, 0.25) is 0 Å². The molecule has 0 fully saturated rings. The van der Waals surface area contributed by atoms with E-state index in [1.54, 1.807) is 44.3 Å². The SMILES string of the molecule is CCC(CS(=O)(=O)c1ccccc1)NC(=NC)NC(C)c1ccc(F)c(F)c1. The normalized spacial score (nSPS) is 14.4. The fraction of sp³-hybridized carbons (Fsp3) is 0.350. The minimum atomic E-state index is -3.45. The highest BCUT2D eigenvalue weighted by molar-refractivity contribution is 7.91. The van der Waals surface area contributed by atoms with Crippen molar-refractivity contribution in [1.82, 2.24) is 10.6 Å². The number of nitrogens with one attached hydrogen (secondary N) is 2. The number of aliphatic imine (C=N–C) groups is 1. The Balaban J connectivity index is 2.06. The first-order valence-electron chi connectivity index (χ1n) is 8.99. The summed E-state index contributed by atoms with van der Waals surface area (Å²) in [4.78, 5) is 4.39. The Morgan fingerprint density at radius 3 is 2.32 bits per heavy atom. The molecule has 0 spiro atoms. The van der Waals surface area contributed by atoms with Crippen molar-refractivity contribution in [3.8, 4) is 0 Å². The van der Waals surface area contributed by atoms with E-state index in [0.29, 0.717) is 17.9 Å². The minimum Gasteiger partial charge on any atom is -0.353 e. The zero-order valence-electron chi connectivity index (χ0n) is 16.1. The summed E-state index contributed by atoms with van der Waals surface area (Å²) < 4.78 is 51.8. The molecule has 0 aromatic heterocycles. The van der Waals surface area contributed by atoms with Gasteiger partial charge in [-0.1, -0.05) is 31.2 Å². The topological polar surface area (TPSA) is 70.6 Å². The van der Waals surface area contributed by atoms with Crippen LogP contribution in [-0.4, -0.2) is 33.2 Å². The van der Waals surface area contributed by atoms with Crippen LogP contribution in [0.1, 0.15) is 31.9 Å². The van der Waals surface area contributed by atoms with Gasteiger partial charge in [0.1, 0.15) is 0 Å². The standard InChI is InChI=1S/C20H25F2N3O2S/c1-4-16(13-28(26,27)17-8-6-5-7-9-17)25-20(23-3)24-14(2)15-10-11-18(21)19(22)12-15/h5-12,14,16H,4,13H2,1-3H3,(H2,23,24,25). The van der Waals surface area contributed by atoms with Gasteiger partial charge in [-0.3, -0.25) is 4.99 Å². The lowest BCUT2D eigenvalue weighted by Crippen LogP contribution is -2.46. The summed E-state index contributed by atoms with van der Waals surface area (Å²) in [7, 11) is -1.89. The Bertz CT molecular complexity index is 918. The number of hydrogen-bond acceptors (Lipinski definition) is 3. The van der Waals surface area contributed by atoms with E-state index in [9.17, 15) is 17.2 Å². The third kappa shape index (κ3) is 5.76. The maximum absolute atomic E-state index is 13.5. The highest BCUT2D eigenvalue weighted by atomic mass is 32.2. The molecule has 2 atom stereocenters. The van der Waals surface area contributed by atoms with Crippen molar-refractivity contribution in [1.29, 1.82) is 0 Å². The predicted molar refractivity (Wildman–Crippen MR) is 107 cm³/mol. The van der Waals surface area contributed by atoms with E-state index in [2.05, 4.69) is 15.6 Å². The van der Waals surface area contributed by atoms with Crippen molar-refractivity contribution < 1.29 is 17.2 Å². The summed E-state index contributed by atoms with van der Waals surface area (Å²) in [6.45, 7) is 3.66. The Labute approximate surface area is 164 Å². The van der Waals surface area contributed by atoms with Crippen LogP contribution in [0.25, 0.3) is 0 Å². The molecule has 2 aromatic rings. The highest BCUT2D eigenvalue weighted by Gasteiger charge is 2.21. The predicted octanol–water partition coefficient (Wildman–Crippen LogP) is 3.44. The molecule has 28 heavy (non-hydrogen) atoms. The molecule has 2 aromatic carbocycles. The molecule has 5 nitrogen and oxygen atoms in total. The molecule has 0 aliphatic heterocycles. The van der Waals surface area contributed by atoms with Crippen molar-refractivity contribution >= 4 is 15.8 Å². The van der Waals surface area contributed by atoms with Crippen molar-refractivity contribution in [2.75, 3.05) is 12.8 Å². The van der Waals surface area contributed by atoms with Crippen LogP contribution in [0.4, 0.5) is 8.78 Å². The first kappa shape index (κ1) is 21.8. The molecule has 152 valence electrons. The van der Waals surface area contributed by atoms with Crippen LogP contribution < -0.4 is 10.6 Å². The van der Waals surface area contributed by atoms with Gasteiger partial charge in [-0.25, -0.2) is 17.2 Å². The van der Waals surface area contributed by atoms with Crippen LogP contribution in [-0.2, 0) is 9.84 Å². The molecule has 2 unspecified atom stereocenters. The first-order chi connectivity index (χ1) is 13.3. The smallest absolute Gasteiger partial charge is 0.191 e. The number of sulfone groups is 1. The van der Waals surface area contributed by atoms with E-state index in [1.807, 2.05) is 6.92 Å². The first-order valence-corrected chi connectivity index (χ1v) is 10.6. The molecule has 2 N–H and O–H groups in total. The fourth-order valence-electron chi connectivity index (χ4n) is 2.68. The van der Waals surface area contributed by atoms with Gasteiger partial charge < -0.3 is 10.6 Å². The molecule has 0 aliphatic carbocycles. The summed E-state index contributed by atoms with van der Waals surface area (Å²) in [6.07, 6.45) is 0.562. The average Bonchev–Trinajstić information content (AvgIpc) is 2.69. The molecular weight excluding hydrogens is 384 g/mol. The molecular formula is C20H25F2N3O2S. The minimum absolute atomic E-state index is 0.0895. The third-order valence-electron chi connectivity index (χ3n) is 4.38. The summed E-state index contributed by atoms with van der Waals surface area (Å²) in [5, 5.41) is 6.17. The van der Waals surface area contributed by atoms with Crippen LogP contribution in [0.3, 0.4) is 0 Å². The maximum atomic E-state index is 13.5. The molecule has 2 rings (SSSR count). The molecule has 0 heterocycles. The van der Waals surface area contributed by atoms with Gasteiger partial charge in [-0.15, -0.1) is 0 Å². The fourth-order valence-corrected chi connectivity index (χ4v) is 4.30. The van der Waals surface area contributed by atoms with Crippen molar-refractivity contribution in [2.24, 2.45) is 4.99 Å². The number of benzene rings is 2. The number of hydrogen-bond donors (Lipinski definition) is 2. The van der Waals surface area contributed by atoms with E-state index < -0.39 is 21.5 Å². The van der Waals surface area contributed by atoms with E-state index in [1.165, 1.54) is 6.07 Å². The monoisotopic (exact) mass is 409 g/mol. The van der Waals surface area contributed by atoms with E-state index >= 15 is 0 Å². The summed E-state index contributed by atoms with van der Waals surface area (Å²) >= 11 is 0. The molecule has 8 heteroatoms. The number of nitrogens with zero attached hydrogens (tertiary/aromatic N) is 1. The Morgan fingerprint density at radius 2 is 1.75 bits per heavy atom. The largest absolute Gasteiger partial charge is 0.353 e. The number of rotatable bonds is 7. The highest BCUT2D eigenvalue weighted by Crippen LogP contribution is 2.16. The maximum Gasteiger partial charge on any atom is 0.191 e. The Kier molecular flexibility index (Phi) is 7.51. The Morgan fingerprint density at radius 1 is 1.07 bits per heavy atom. The number of halogens is 2. The van der Waals surface area contributed by atoms with Gasteiger partial charge in [0.05, 0.1) is 16.7 Å². The van der Waals surface area contributed by atoms with Crippen LogP contribution >= 0.6 is 0 Å². The van der Waals surface area contributed by atoms with Crippen molar-refractivity contribution in [2.45, 2.75) is 37.2 Å². The van der Waals surface area contributed by atoms with E-state index in [0.717, 1.165) is 12.1 Å². The summed E-state index contributed by atoms with van der Waals surface area (Å²) in [5.74, 6) is -1.54. The molecule has 0 radical (unpaired) electrons. The zero-order valence-corrected chi connectivity index (χ0v) is 16.9. The molecule has 0 saturated carbocycles. The average molecular weight is 410 g/mol. The second-order valence-corrected chi connectivity index (χ2v) is 8.49. The Hall–Kier alpha value is -2.48. The second kappa shape index (κ2) is 9.64. The zero-order chi connectivity index (χ0) is 20.7. The van der Waals surface area contributed by atoms with Crippen LogP contribution in [0, 0.1) is 11.6 Å². The molecule has 0 bridgehead atoms. The lowest BCUT2D eigenvalue weighted by Gasteiger charge is -2.23. The lowest BCUT2D eigenvalue weighted by molar-refractivity contribution is 0.504. The van der Waals surface area contributed by atoms with Crippen LogP contribution in [0.15, 0.2) is 58.4 Å². The molecule has 0 amide bonds. The van der Waals surface area contributed by atoms with E-state index in [-0.39, 0.29) is 22.7 Å². The van der Waals surface area contributed by atoms with Gasteiger partial charge in [-0.05, 0) is 43.2 Å². The van der Waals surface area contributed by atoms with E-state index in [4.69, 9.17) is 0 Å². The lowest BCUT2D eigenvalue weighted by atomic mass is 10.1.